The van der Waals surface area contributed by atoms with Crippen LogP contribution in [-0.4, -0.2) is 32.7 Å². The topological polar surface area (TPSA) is 17.1 Å². The molecule has 3 rings (SSSR count). The molecule has 0 heterocycles. The van der Waals surface area contributed by atoms with Crippen molar-refractivity contribution in [3.05, 3.63) is 12.2 Å². The van der Waals surface area contributed by atoms with Gasteiger partial charge in [0, 0.05) is 5.25 Å². The van der Waals surface area contributed by atoms with Gasteiger partial charge in [0.25, 0.3) is 0 Å². The molecule has 2 bridgehead atoms. The smallest absolute Gasteiger partial charge is 0.253 e. The van der Waals surface area contributed by atoms with E-state index >= 15 is 0 Å². The summed E-state index contributed by atoms with van der Waals surface area (Å²) in [6.45, 7) is 0. The molecule has 2 saturated carbocycles. The lowest BCUT2D eigenvalue weighted by Crippen LogP contribution is -2.63. The summed E-state index contributed by atoms with van der Waals surface area (Å²) in [5, 5.41) is -7.51. The van der Waals surface area contributed by atoms with Crippen molar-refractivity contribution in [1.29, 1.82) is 0 Å². The standard InChI is InChI=1S/C14H13F9OS/c15-11(16,13(19,20)21)12(17,18)14(22,23)25(24)10-5-6-4-9(10)8-3-1-2-7(6)8/h1-2,6-10H,3-5H2. The zero-order chi connectivity index (χ0) is 19.0. The number of halogens is 9. The Morgan fingerprint density at radius 2 is 1.44 bits per heavy atom. The van der Waals surface area contributed by atoms with E-state index < -0.39 is 45.2 Å². The minimum atomic E-state index is -6.99. The zero-order valence-corrected chi connectivity index (χ0v) is 13.2. The third-order valence-corrected chi connectivity index (χ3v) is 7.44. The molecule has 3 aliphatic rings. The summed E-state index contributed by atoms with van der Waals surface area (Å²) < 4.78 is 129. The molecule has 0 aromatic heterocycles. The van der Waals surface area contributed by atoms with Gasteiger partial charge in [0.15, 0.2) is 0 Å². The molecule has 0 aliphatic heterocycles. The number of alkyl halides is 9. The second-order valence-corrected chi connectivity index (χ2v) is 8.51. The lowest BCUT2D eigenvalue weighted by Gasteiger charge is -2.37. The minimum Gasteiger partial charge on any atom is -0.253 e. The van der Waals surface area contributed by atoms with Crippen molar-refractivity contribution in [3.63, 3.8) is 0 Å². The third-order valence-electron chi connectivity index (χ3n) is 5.59. The van der Waals surface area contributed by atoms with Crippen molar-refractivity contribution in [2.24, 2.45) is 23.7 Å². The first-order valence-corrected chi connectivity index (χ1v) is 8.72. The van der Waals surface area contributed by atoms with Crippen LogP contribution in [0.15, 0.2) is 12.2 Å². The van der Waals surface area contributed by atoms with Crippen molar-refractivity contribution in [1.82, 2.24) is 0 Å². The van der Waals surface area contributed by atoms with Crippen molar-refractivity contribution < 1.29 is 43.7 Å². The van der Waals surface area contributed by atoms with E-state index in [4.69, 9.17) is 0 Å². The second kappa shape index (κ2) is 5.39. The molecule has 0 radical (unpaired) electrons. The highest BCUT2D eigenvalue weighted by Crippen LogP contribution is 2.61. The minimum absolute atomic E-state index is 0.0454. The first kappa shape index (κ1) is 19.0. The molecule has 2 fully saturated rings. The third kappa shape index (κ3) is 2.39. The molecular weight excluding hydrogens is 387 g/mol. The van der Waals surface area contributed by atoms with E-state index in [0.29, 0.717) is 12.8 Å². The first-order valence-electron chi connectivity index (χ1n) is 7.51. The van der Waals surface area contributed by atoms with Crippen molar-refractivity contribution in [2.75, 3.05) is 0 Å². The fourth-order valence-corrected chi connectivity index (χ4v) is 6.23. The normalized spacial score (nSPS) is 36.8. The van der Waals surface area contributed by atoms with Crippen LogP contribution in [0.3, 0.4) is 0 Å². The van der Waals surface area contributed by atoms with Gasteiger partial charge in [0.1, 0.15) is 10.8 Å². The van der Waals surface area contributed by atoms with E-state index in [1.54, 1.807) is 6.08 Å². The van der Waals surface area contributed by atoms with E-state index in [1.165, 1.54) is 0 Å². The Morgan fingerprint density at radius 3 is 2.00 bits per heavy atom. The number of rotatable bonds is 4. The molecule has 144 valence electrons. The van der Waals surface area contributed by atoms with Gasteiger partial charge in [-0.3, -0.25) is 4.21 Å². The second-order valence-electron chi connectivity index (χ2n) is 6.80. The highest BCUT2D eigenvalue weighted by molar-refractivity contribution is 7.86. The maximum atomic E-state index is 13.9. The van der Waals surface area contributed by atoms with E-state index in [2.05, 4.69) is 0 Å². The predicted molar refractivity (Wildman–Crippen MR) is 69.8 cm³/mol. The number of hydrogen-bond donors (Lipinski definition) is 0. The van der Waals surface area contributed by atoms with Crippen LogP contribution in [0, 0.1) is 23.7 Å². The van der Waals surface area contributed by atoms with Crippen LogP contribution >= 0.6 is 0 Å². The predicted octanol–water partition coefficient (Wildman–Crippen LogP) is 4.76. The van der Waals surface area contributed by atoms with E-state index in [1.807, 2.05) is 6.08 Å². The zero-order valence-electron chi connectivity index (χ0n) is 12.4. The van der Waals surface area contributed by atoms with Crippen LogP contribution in [0.25, 0.3) is 0 Å². The molecule has 0 saturated heterocycles. The molecule has 25 heavy (non-hydrogen) atoms. The van der Waals surface area contributed by atoms with Crippen LogP contribution in [-0.2, 0) is 10.8 Å². The Morgan fingerprint density at radius 1 is 0.840 bits per heavy atom. The largest absolute Gasteiger partial charge is 0.460 e. The Bertz CT molecular complexity index is 612. The van der Waals surface area contributed by atoms with Gasteiger partial charge in [-0.1, -0.05) is 12.2 Å². The van der Waals surface area contributed by atoms with Gasteiger partial charge in [0.05, 0.1) is 0 Å². The highest BCUT2D eigenvalue weighted by atomic mass is 32.2. The Kier molecular flexibility index (Phi) is 4.10. The maximum Gasteiger partial charge on any atom is 0.460 e. The lowest BCUT2D eigenvalue weighted by atomic mass is 9.81. The molecule has 0 N–H and O–H groups in total. The average Bonchev–Trinajstić information content (AvgIpc) is 3.16. The van der Waals surface area contributed by atoms with E-state index in [-0.39, 0.29) is 24.2 Å². The summed E-state index contributed by atoms with van der Waals surface area (Å²) in [5.74, 6) is -14.8. The summed E-state index contributed by atoms with van der Waals surface area (Å²) in [4.78, 5) is 0. The van der Waals surface area contributed by atoms with E-state index in [0.717, 1.165) is 0 Å². The maximum absolute atomic E-state index is 13.9. The summed E-state index contributed by atoms with van der Waals surface area (Å²) in [5.41, 5.74) is 0. The molecule has 0 spiro atoms. The van der Waals surface area contributed by atoms with Crippen LogP contribution in [0.4, 0.5) is 39.5 Å². The average molecular weight is 400 g/mol. The molecule has 3 aliphatic carbocycles. The molecule has 6 atom stereocenters. The molecule has 0 amide bonds. The van der Waals surface area contributed by atoms with Crippen molar-refractivity contribution >= 4 is 10.8 Å². The fourth-order valence-electron chi connectivity index (χ4n) is 4.42. The summed E-state index contributed by atoms with van der Waals surface area (Å²) >= 11 is 0. The van der Waals surface area contributed by atoms with Crippen LogP contribution in [0.1, 0.15) is 19.3 Å². The van der Waals surface area contributed by atoms with Crippen LogP contribution in [0.2, 0.25) is 0 Å². The SMILES string of the molecule is O=S(C1CC2CC1C1CC=CC21)C(F)(F)C(F)(F)C(F)(F)C(F)(F)F. The van der Waals surface area contributed by atoms with Gasteiger partial charge >= 0.3 is 23.3 Å². The van der Waals surface area contributed by atoms with Gasteiger partial charge in [-0.15, -0.1) is 0 Å². The molecule has 6 unspecified atom stereocenters. The number of fused-ring (bicyclic) bond motifs is 5. The lowest BCUT2D eigenvalue weighted by molar-refractivity contribution is -0.381. The van der Waals surface area contributed by atoms with Crippen LogP contribution < -0.4 is 0 Å². The number of allylic oxidation sites excluding steroid dienone is 2. The first-order chi connectivity index (χ1) is 11.2. The van der Waals surface area contributed by atoms with Crippen LogP contribution in [0.5, 0.6) is 0 Å². The van der Waals surface area contributed by atoms with Gasteiger partial charge in [0.2, 0.25) is 0 Å². The summed E-state index contributed by atoms with van der Waals surface area (Å²) in [7, 11) is -3.86. The Balaban J connectivity index is 1.87. The van der Waals surface area contributed by atoms with Gasteiger partial charge in [-0.05, 0) is 42.9 Å². The highest BCUT2D eigenvalue weighted by Gasteiger charge is 2.84. The quantitative estimate of drug-likeness (QED) is 0.491. The van der Waals surface area contributed by atoms with Gasteiger partial charge in [-0.2, -0.15) is 39.5 Å². The van der Waals surface area contributed by atoms with Crippen molar-refractivity contribution in [3.8, 4) is 0 Å². The summed E-state index contributed by atoms with van der Waals surface area (Å²) in [6.07, 6.45) is -2.58. The van der Waals surface area contributed by atoms with Gasteiger partial charge in [-0.25, -0.2) is 0 Å². The van der Waals surface area contributed by atoms with E-state index in [9.17, 15) is 43.7 Å². The molecule has 0 aromatic rings. The van der Waals surface area contributed by atoms with Gasteiger partial charge < -0.3 is 0 Å². The van der Waals surface area contributed by atoms with Crippen molar-refractivity contribution in [2.45, 2.75) is 47.8 Å². The number of hydrogen-bond acceptors (Lipinski definition) is 1. The summed E-state index contributed by atoms with van der Waals surface area (Å²) in [6, 6.07) is 0. The molecular formula is C14H13F9OS. The fraction of sp³-hybridized carbons (Fsp3) is 0.857. The molecule has 11 heteroatoms. The Hall–Kier alpha value is -0.740. The Labute approximate surface area is 139 Å². The monoisotopic (exact) mass is 400 g/mol. The molecule has 0 aromatic carbocycles. The molecule has 1 nitrogen and oxygen atoms in total.